The van der Waals surface area contributed by atoms with Gasteiger partial charge in [0, 0.05) is 5.92 Å². The van der Waals surface area contributed by atoms with E-state index in [0.29, 0.717) is 0 Å². The van der Waals surface area contributed by atoms with Gasteiger partial charge in [0.25, 0.3) is 0 Å². The molecule has 3 aromatic rings. The predicted octanol–water partition coefficient (Wildman–Crippen LogP) is 5.93. The summed E-state index contributed by atoms with van der Waals surface area (Å²) in [7, 11) is 0. The van der Waals surface area contributed by atoms with E-state index in [1.54, 1.807) is 0 Å². The maximum Gasteiger partial charge on any atom is 0.00221 e. The highest BCUT2D eigenvalue weighted by molar-refractivity contribution is 5.67. The second kappa shape index (κ2) is 7.09. The summed E-state index contributed by atoms with van der Waals surface area (Å²) >= 11 is 0. The smallest absolute Gasteiger partial charge is 0.00221 e. The van der Waals surface area contributed by atoms with E-state index in [1.165, 1.54) is 28.2 Å². The van der Waals surface area contributed by atoms with Gasteiger partial charge < -0.3 is 0 Å². The first-order valence-electron chi connectivity index (χ1n) is 7.86. The van der Waals surface area contributed by atoms with E-state index >= 15 is 0 Å². The van der Waals surface area contributed by atoms with Gasteiger partial charge in [0.15, 0.2) is 0 Å². The van der Waals surface area contributed by atoms with Crippen molar-refractivity contribution in [3.63, 3.8) is 0 Å². The van der Waals surface area contributed by atoms with Gasteiger partial charge in [-0.2, -0.15) is 0 Å². The Morgan fingerprint density at radius 1 is 0.682 bits per heavy atom. The lowest BCUT2D eigenvalue weighted by Gasteiger charge is -2.14. The summed E-state index contributed by atoms with van der Waals surface area (Å²) in [6.07, 6.45) is 2.17. The van der Waals surface area contributed by atoms with Gasteiger partial charge in [0.1, 0.15) is 0 Å². The standard InChI is InChI=1S/C22H21/c1-18(19-10-4-2-5-11-19)16-17-21-14-8-9-15-22(21)20-12-6-3-7-13-20/h2-15H,16-17H2,1H3. The maximum absolute atomic E-state index is 2.25. The second-order valence-corrected chi connectivity index (χ2v) is 5.67. The van der Waals surface area contributed by atoms with Crippen molar-refractivity contribution < 1.29 is 0 Å². The molecule has 0 saturated carbocycles. The van der Waals surface area contributed by atoms with Crippen molar-refractivity contribution in [2.24, 2.45) is 0 Å². The fourth-order valence-electron chi connectivity index (χ4n) is 2.83. The molecule has 0 aliphatic carbocycles. The van der Waals surface area contributed by atoms with Crippen LogP contribution in [0.2, 0.25) is 0 Å². The molecule has 0 aliphatic heterocycles. The van der Waals surface area contributed by atoms with Crippen LogP contribution in [0.3, 0.4) is 0 Å². The zero-order valence-corrected chi connectivity index (χ0v) is 13.0. The van der Waals surface area contributed by atoms with E-state index in [0.717, 1.165) is 12.8 Å². The average Bonchev–Trinajstić information content (AvgIpc) is 2.61. The highest BCUT2D eigenvalue weighted by Gasteiger charge is 2.09. The Morgan fingerprint density at radius 3 is 2.00 bits per heavy atom. The van der Waals surface area contributed by atoms with E-state index in [4.69, 9.17) is 0 Å². The molecule has 0 aliphatic rings. The SMILES string of the molecule is C[C](CCc1ccccc1-c1ccccc1)c1ccccc1. The van der Waals surface area contributed by atoms with Crippen molar-refractivity contribution in [2.75, 3.05) is 0 Å². The van der Waals surface area contributed by atoms with Crippen molar-refractivity contribution in [3.8, 4) is 11.1 Å². The number of hydrogen-bond donors (Lipinski definition) is 0. The van der Waals surface area contributed by atoms with Crippen LogP contribution in [0.25, 0.3) is 11.1 Å². The first-order chi connectivity index (χ1) is 10.8. The molecule has 109 valence electrons. The maximum atomic E-state index is 2.25. The Hall–Kier alpha value is -2.34. The Labute approximate surface area is 133 Å². The molecular formula is C22H21. The monoisotopic (exact) mass is 285 g/mol. The van der Waals surface area contributed by atoms with E-state index in [-0.39, 0.29) is 0 Å². The van der Waals surface area contributed by atoms with Crippen LogP contribution >= 0.6 is 0 Å². The lowest BCUT2D eigenvalue weighted by atomic mass is 9.91. The molecule has 0 heterocycles. The second-order valence-electron chi connectivity index (χ2n) is 5.67. The fourth-order valence-corrected chi connectivity index (χ4v) is 2.83. The summed E-state index contributed by atoms with van der Waals surface area (Å²) in [4.78, 5) is 0. The van der Waals surface area contributed by atoms with Crippen LogP contribution in [0.15, 0.2) is 84.9 Å². The van der Waals surface area contributed by atoms with Gasteiger partial charge in [-0.05, 0) is 35.1 Å². The molecule has 0 N–H and O–H groups in total. The molecule has 0 aromatic heterocycles. The van der Waals surface area contributed by atoms with Crippen molar-refractivity contribution >= 4 is 0 Å². The van der Waals surface area contributed by atoms with Crippen molar-refractivity contribution in [2.45, 2.75) is 19.8 Å². The van der Waals surface area contributed by atoms with Crippen LogP contribution in [0.4, 0.5) is 0 Å². The summed E-state index contributed by atoms with van der Waals surface area (Å²) in [5, 5.41) is 0. The van der Waals surface area contributed by atoms with E-state index < -0.39 is 0 Å². The number of benzene rings is 3. The van der Waals surface area contributed by atoms with Crippen LogP contribution < -0.4 is 0 Å². The fraction of sp³-hybridized carbons (Fsp3) is 0.136. The molecule has 0 nitrogen and oxygen atoms in total. The highest BCUT2D eigenvalue weighted by Crippen LogP contribution is 2.27. The molecule has 0 amide bonds. The average molecular weight is 285 g/mol. The normalized spacial score (nSPS) is 10.8. The molecule has 3 aromatic carbocycles. The van der Waals surface area contributed by atoms with Gasteiger partial charge in [-0.15, -0.1) is 0 Å². The molecule has 0 heteroatoms. The minimum absolute atomic E-state index is 1.08. The Balaban J connectivity index is 1.76. The van der Waals surface area contributed by atoms with Gasteiger partial charge in [0.2, 0.25) is 0 Å². The number of aryl methyl sites for hydroxylation is 1. The van der Waals surface area contributed by atoms with E-state index in [2.05, 4.69) is 91.9 Å². The van der Waals surface area contributed by atoms with Crippen molar-refractivity contribution in [3.05, 3.63) is 102 Å². The van der Waals surface area contributed by atoms with Gasteiger partial charge in [-0.3, -0.25) is 0 Å². The van der Waals surface area contributed by atoms with Gasteiger partial charge >= 0.3 is 0 Å². The van der Waals surface area contributed by atoms with Crippen molar-refractivity contribution in [1.29, 1.82) is 0 Å². The molecule has 22 heavy (non-hydrogen) atoms. The van der Waals surface area contributed by atoms with Crippen LogP contribution in [0.5, 0.6) is 0 Å². The zero-order valence-electron chi connectivity index (χ0n) is 13.0. The lowest BCUT2D eigenvalue weighted by molar-refractivity contribution is 0.856. The Bertz CT molecular complexity index is 698. The molecule has 0 fully saturated rings. The molecule has 0 bridgehead atoms. The minimum Gasteiger partial charge on any atom is -0.0622 e. The first kappa shape index (κ1) is 14.6. The number of hydrogen-bond acceptors (Lipinski definition) is 0. The third-order valence-electron chi connectivity index (χ3n) is 4.14. The summed E-state index contributed by atoms with van der Waals surface area (Å²) in [5.41, 5.74) is 5.42. The van der Waals surface area contributed by atoms with Gasteiger partial charge in [-0.25, -0.2) is 0 Å². The molecule has 1 radical (unpaired) electrons. The van der Waals surface area contributed by atoms with Gasteiger partial charge in [0.05, 0.1) is 0 Å². The molecule has 0 atom stereocenters. The summed E-state index contributed by atoms with van der Waals surface area (Å²) in [6, 6.07) is 30.1. The largest absolute Gasteiger partial charge is 0.0622 e. The highest BCUT2D eigenvalue weighted by atomic mass is 14.1. The van der Waals surface area contributed by atoms with E-state index in [9.17, 15) is 0 Å². The lowest BCUT2D eigenvalue weighted by Crippen LogP contribution is -1.98. The third-order valence-corrected chi connectivity index (χ3v) is 4.14. The van der Waals surface area contributed by atoms with Crippen LogP contribution in [-0.2, 0) is 6.42 Å². The Kier molecular flexibility index (Phi) is 4.70. The molecule has 0 spiro atoms. The van der Waals surface area contributed by atoms with Crippen molar-refractivity contribution in [1.82, 2.24) is 0 Å². The quantitative estimate of drug-likeness (QED) is 0.545. The predicted molar refractivity (Wildman–Crippen MR) is 94.7 cm³/mol. The van der Waals surface area contributed by atoms with Crippen LogP contribution in [-0.4, -0.2) is 0 Å². The Morgan fingerprint density at radius 2 is 1.27 bits per heavy atom. The van der Waals surface area contributed by atoms with Crippen LogP contribution in [0.1, 0.15) is 24.5 Å². The topological polar surface area (TPSA) is 0 Å². The first-order valence-corrected chi connectivity index (χ1v) is 7.86. The summed E-state index contributed by atoms with van der Waals surface area (Å²) < 4.78 is 0. The summed E-state index contributed by atoms with van der Waals surface area (Å²) in [6.45, 7) is 2.24. The molecule has 0 unspecified atom stereocenters. The molecule has 0 saturated heterocycles. The minimum atomic E-state index is 1.08. The van der Waals surface area contributed by atoms with Gasteiger partial charge in [-0.1, -0.05) is 91.9 Å². The molecule has 3 rings (SSSR count). The summed E-state index contributed by atoms with van der Waals surface area (Å²) in [5.74, 6) is 1.45. The van der Waals surface area contributed by atoms with E-state index in [1.807, 2.05) is 0 Å². The number of rotatable bonds is 5. The van der Waals surface area contributed by atoms with Crippen LogP contribution in [0, 0.1) is 5.92 Å². The zero-order chi connectivity index (χ0) is 15.2. The molecular weight excluding hydrogens is 264 g/mol. The third kappa shape index (κ3) is 3.46.